The molecule has 1 aliphatic heterocycles. The molecule has 6 heteroatoms. The zero-order chi connectivity index (χ0) is 19.2. The fourth-order valence-corrected chi connectivity index (χ4v) is 4.21. The highest BCUT2D eigenvalue weighted by Crippen LogP contribution is 2.36. The van der Waals surface area contributed by atoms with Crippen LogP contribution in [0.1, 0.15) is 30.6 Å². The molecule has 1 unspecified atom stereocenters. The Balaban J connectivity index is 1.67. The fourth-order valence-electron chi connectivity index (χ4n) is 3.96. The molecule has 0 spiro atoms. The van der Waals surface area contributed by atoms with E-state index >= 15 is 0 Å². The second-order valence-electron chi connectivity index (χ2n) is 7.56. The van der Waals surface area contributed by atoms with Gasteiger partial charge in [0.2, 0.25) is 0 Å². The SMILES string of the molecule is CC1(C)C(CO)CCN1C(=O)c1ccc(-n2ncc3ccccc32)cc1Cl. The summed E-state index contributed by atoms with van der Waals surface area (Å²) in [5.41, 5.74) is 1.88. The van der Waals surface area contributed by atoms with E-state index in [1.807, 2.05) is 60.0 Å². The third kappa shape index (κ3) is 2.91. The number of amides is 1. The van der Waals surface area contributed by atoms with Crippen LogP contribution in [0.25, 0.3) is 16.6 Å². The number of likely N-dealkylation sites (tertiary alicyclic amines) is 1. The molecule has 1 aliphatic rings. The van der Waals surface area contributed by atoms with Gasteiger partial charge < -0.3 is 10.0 Å². The fraction of sp³-hybridized carbons (Fsp3) is 0.333. The second-order valence-corrected chi connectivity index (χ2v) is 7.97. The van der Waals surface area contributed by atoms with Crippen LogP contribution in [-0.4, -0.2) is 44.4 Å². The maximum atomic E-state index is 13.1. The lowest BCUT2D eigenvalue weighted by Gasteiger charge is -2.35. The Morgan fingerprint density at radius 1 is 1.30 bits per heavy atom. The number of hydrogen-bond acceptors (Lipinski definition) is 3. The molecule has 1 N–H and O–H groups in total. The largest absolute Gasteiger partial charge is 0.396 e. The van der Waals surface area contributed by atoms with Gasteiger partial charge in [0.05, 0.1) is 28.0 Å². The molecule has 3 aromatic rings. The highest BCUT2D eigenvalue weighted by molar-refractivity contribution is 6.34. The van der Waals surface area contributed by atoms with Crippen LogP contribution in [0.2, 0.25) is 5.02 Å². The van der Waals surface area contributed by atoms with Crippen molar-refractivity contribution in [3.05, 3.63) is 59.2 Å². The van der Waals surface area contributed by atoms with Crippen molar-refractivity contribution in [1.29, 1.82) is 0 Å². The van der Waals surface area contributed by atoms with Crippen LogP contribution in [-0.2, 0) is 0 Å². The first-order valence-corrected chi connectivity index (χ1v) is 9.47. The molecule has 0 aliphatic carbocycles. The quantitative estimate of drug-likeness (QED) is 0.745. The number of fused-ring (bicyclic) bond motifs is 1. The summed E-state index contributed by atoms with van der Waals surface area (Å²) in [7, 11) is 0. The van der Waals surface area contributed by atoms with Gasteiger partial charge in [-0.2, -0.15) is 5.10 Å². The van der Waals surface area contributed by atoms with E-state index in [2.05, 4.69) is 5.10 Å². The Bertz CT molecular complexity index is 1010. The first-order valence-electron chi connectivity index (χ1n) is 9.09. The predicted molar refractivity (Wildman–Crippen MR) is 106 cm³/mol. The number of carbonyl (C=O) groups excluding carboxylic acids is 1. The summed E-state index contributed by atoms with van der Waals surface area (Å²) in [6, 6.07) is 13.3. The number of hydrogen-bond donors (Lipinski definition) is 1. The summed E-state index contributed by atoms with van der Waals surface area (Å²) in [6.07, 6.45) is 2.61. The van der Waals surface area contributed by atoms with E-state index in [1.54, 1.807) is 12.1 Å². The molecule has 0 saturated carbocycles. The van der Waals surface area contributed by atoms with Crippen molar-refractivity contribution in [3.8, 4) is 5.69 Å². The smallest absolute Gasteiger partial charge is 0.255 e. The molecular formula is C21H22ClN3O2. The van der Waals surface area contributed by atoms with Gasteiger partial charge in [0.15, 0.2) is 0 Å². The van der Waals surface area contributed by atoms with Gasteiger partial charge in [0.1, 0.15) is 0 Å². The van der Waals surface area contributed by atoms with Crippen LogP contribution < -0.4 is 0 Å². The molecule has 140 valence electrons. The topological polar surface area (TPSA) is 58.4 Å². The van der Waals surface area contributed by atoms with Crippen molar-refractivity contribution in [1.82, 2.24) is 14.7 Å². The Hall–Kier alpha value is -2.37. The molecular weight excluding hydrogens is 362 g/mol. The first kappa shape index (κ1) is 18.0. The normalized spacial score (nSPS) is 19.0. The van der Waals surface area contributed by atoms with Crippen LogP contribution in [0.3, 0.4) is 0 Å². The zero-order valence-corrected chi connectivity index (χ0v) is 16.1. The van der Waals surface area contributed by atoms with Crippen molar-refractivity contribution in [2.45, 2.75) is 25.8 Å². The molecule has 2 heterocycles. The van der Waals surface area contributed by atoms with Gasteiger partial charge in [0.25, 0.3) is 5.91 Å². The van der Waals surface area contributed by atoms with Gasteiger partial charge in [-0.25, -0.2) is 4.68 Å². The standard InChI is InChI=1S/C21H22ClN3O2/c1-21(2)15(13-26)9-10-24(21)20(27)17-8-7-16(11-18(17)22)25-19-6-4-3-5-14(19)12-23-25/h3-8,11-12,15,26H,9-10,13H2,1-2H3. The molecule has 1 amide bonds. The first-order chi connectivity index (χ1) is 12.9. The van der Waals surface area contributed by atoms with Crippen molar-refractivity contribution < 1.29 is 9.90 Å². The number of halogens is 1. The maximum absolute atomic E-state index is 13.1. The summed E-state index contributed by atoms with van der Waals surface area (Å²) < 4.78 is 1.82. The minimum atomic E-state index is -0.397. The lowest BCUT2D eigenvalue weighted by Crippen LogP contribution is -2.47. The van der Waals surface area contributed by atoms with E-state index in [9.17, 15) is 9.90 Å². The highest BCUT2D eigenvalue weighted by Gasteiger charge is 2.43. The van der Waals surface area contributed by atoms with Crippen LogP contribution in [0, 0.1) is 5.92 Å². The zero-order valence-electron chi connectivity index (χ0n) is 15.4. The lowest BCUT2D eigenvalue weighted by molar-refractivity contribution is 0.0551. The van der Waals surface area contributed by atoms with E-state index in [0.29, 0.717) is 17.1 Å². The van der Waals surface area contributed by atoms with E-state index in [0.717, 1.165) is 23.0 Å². The van der Waals surface area contributed by atoms with Gasteiger partial charge in [0, 0.05) is 30.0 Å². The van der Waals surface area contributed by atoms with Gasteiger partial charge in [-0.3, -0.25) is 4.79 Å². The van der Waals surface area contributed by atoms with Crippen LogP contribution in [0.5, 0.6) is 0 Å². The number of para-hydroxylation sites is 1. The van der Waals surface area contributed by atoms with E-state index in [1.165, 1.54) is 0 Å². The molecule has 1 saturated heterocycles. The number of nitrogens with zero attached hydrogens (tertiary/aromatic N) is 3. The Kier molecular flexibility index (Phi) is 4.44. The van der Waals surface area contributed by atoms with Crippen LogP contribution in [0.4, 0.5) is 0 Å². The Morgan fingerprint density at radius 2 is 2.07 bits per heavy atom. The van der Waals surface area contributed by atoms with Gasteiger partial charge in [-0.05, 0) is 44.5 Å². The van der Waals surface area contributed by atoms with Crippen molar-refractivity contribution in [2.75, 3.05) is 13.2 Å². The van der Waals surface area contributed by atoms with Gasteiger partial charge in [-0.1, -0.05) is 29.8 Å². The molecule has 2 aromatic carbocycles. The average Bonchev–Trinajstić information content (AvgIpc) is 3.21. The molecule has 1 fully saturated rings. The third-order valence-electron chi connectivity index (χ3n) is 5.77. The molecule has 1 atom stereocenters. The Morgan fingerprint density at radius 3 is 2.78 bits per heavy atom. The molecule has 0 radical (unpaired) electrons. The van der Waals surface area contributed by atoms with Crippen molar-refractivity contribution in [2.24, 2.45) is 5.92 Å². The maximum Gasteiger partial charge on any atom is 0.255 e. The van der Waals surface area contributed by atoms with Crippen LogP contribution in [0.15, 0.2) is 48.7 Å². The highest BCUT2D eigenvalue weighted by atomic mass is 35.5. The summed E-state index contributed by atoms with van der Waals surface area (Å²) in [6.45, 7) is 4.70. The molecule has 1 aromatic heterocycles. The predicted octanol–water partition coefficient (Wildman–Crippen LogP) is 3.91. The molecule has 27 heavy (non-hydrogen) atoms. The van der Waals surface area contributed by atoms with E-state index < -0.39 is 5.54 Å². The van der Waals surface area contributed by atoms with E-state index in [-0.39, 0.29) is 18.4 Å². The number of rotatable bonds is 3. The second kappa shape index (κ2) is 6.66. The van der Waals surface area contributed by atoms with Gasteiger partial charge in [-0.15, -0.1) is 0 Å². The summed E-state index contributed by atoms with van der Waals surface area (Å²) in [5.74, 6) is -0.0206. The third-order valence-corrected chi connectivity index (χ3v) is 6.08. The lowest BCUT2D eigenvalue weighted by atomic mass is 9.89. The van der Waals surface area contributed by atoms with Crippen LogP contribution >= 0.6 is 11.6 Å². The molecule has 5 nitrogen and oxygen atoms in total. The summed E-state index contributed by atoms with van der Waals surface area (Å²) >= 11 is 6.50. The number of aliphatic hydroxyl groups excluding tert-OH is 1. The summed E-state index contributed by atoms with van der Waals surface area (Å²) in [4.78, 5) is 14.9. The number of carbonyl (C=O) groups is 1. The summed E-state index contributed by atoms with van der Waals surface area (Å²) in [5, 5.41) is 15.5. The number of benzene rings is 2. The average molecular weight is 384 g/mol. The molecule has 0 bridgehead atoms. The monoisotopic (exact) mass is 383 g/mol. The van der Waals surface area contributed by atoms with Crippen molar-refractivity contribution >= 4 is 28.4 Å². The van der Waals surface area contributed by atoms with E-state index in [4.69, 9.17) is 11.6 Å². The number of aromatic nitrogens is 2. The number of aliphatic hydroxyl groups is 1. The minimum absolute atomic E-state index is 0.0786. The molecule has 4 rings (SSSR count). The van der Waals surface area contributed by atoms with Crippen molar-refractivity contribution in [3.63, 3.8) is 0 Å². The minimum Gasteiger partial charge on any atom is -0.396 e. The van der Waals surface area contributed by atoms with Gasteiger partial charge >= 0.3 is 0 Å². The Labute approximate surface area is 163 Å².